The summed E-state index contributed by atoms with van der Waals surface area (Å²) in [5.41, 5.74) is 0.423. The Labute approximate surface area is 147 Å². The third-order valence-electron chi connectivity index (χ3n) is 3.80. The summed E-state index contributed by atoms with van der Waals surface area (Å²) in [5.74, 6) is 0.356. The zero-order valence-electron chi connectivity index (χ0n) is 14.7. The number of anilines is 1. The van der Waals surface area contributed by atoms with Gasteiger partial charge in [0.2, 0.25) is 5.95 Å². The Hall–Kier alpha value is -2.42. The second-order valence-electron chi connectivity index (χ2n) is 5.55. The Morgan fingerprint density at radius 2 is 1.88 bits per heavy atom. The van der Waals surface area contributed by atoms with Crippen LogP contribution in [0.3, 0.4) is 0 Å². The summed E-state index contributed by atoms with van der Waals surface area (Å²) in [6.07, 6.45) is 3.51. The lowest BCUT2D eigenvalue weighted by molar-refractivity contribution is 0.0947. The molecular weight excluding hydrogens is 326 g/mol. The first-order chi connectivity index (χ1) is 12.2. The maximum absolute atomic E-state index is 12.0. The van der Waals surface area contributed by atoms with Gasteiger partial charge in [-0.25, -0.2) is 14.8 Å². The number of piperazine rings is 1. The molecule has 9 heteroatoms. The number of nitrogens with zero attached hydrogens (tertiary/aromatic N) is 4. The van der Waals surface area contributed by atoms with Gasteiger partial charge in [-0.05, 0) is 13.3 Å². The average Bonchev–Trinajstić information content (AvgIpc) is 2.65. The highest BCUT2D eigenvalue weighted by molar-refractivity contribution is 5.93. The van der Waals surface area contributed by atoms with E-state index in [9.17, 15) is 9.59 Å². The van der Waals surface area contributed by atoms with Gasteiger partial charge in [-0.1, -0.05) is 0 Å². The number of ether oxygens (including phenoxy) is 2. The van der Waals surface area contributed by atoms with E-state index in [1.807, 2.05) is 4.90 Å². The van der Waals surface area contributed by atoms with Crippen LogP contribution in [0.1, 0.15) is 23.7 Å². The second kappa shape index (κ2) is 9.77. The Bertz CT molecular complexity index is 558. The van der Waals surface area contributed by atoms with Crippen LogP contribution in [0.2, 0.25) is 0 Å². The van der Waals surface area contributed by atoms with Crippen molar-refractivity contribution >= 4 is 17.9 Å². The zero-order chi connectivity index (χ0) is 18.1. The Balaban J connectivity index is 1.82. The van der Waals surface area contributed by atoms with Crippen molar-refractivity contribution in [2.75, 3.05) is 57.9 Å². The summed E-state index contributed by atoms with van der Waals surface area (Å²) in [6, 6.07) is 0. The minimum Gasteiger partial charge on any atom is -0.450 e. The van der Waals surface area contributed by atoms with Gasteiger partial charge in [-0.3, -0.25) is 4.79 Å². The summed E-state index contributed by atoms with van der Waals surface area (Å²) < 4.78 is 9.93. The van der Waals surface area contributed by atoms with Crippen molar-refractivity contribution in [3.05, 3.63) is 18.0 Å². The average molecular weight is 351 g/mol. The molecular formula is C16H25N5O4. The molecule has 0 saturated carbocycles. The second-order valence-corrected chi connectivity index (χ2v) is 5.55. The van der Waals surface area contributed by atoms with E-state index in [1.54, 1.807) is 18.9 Å². The highest BCUT2D eigenvalue weighted by atomic mass is 16.6. The molecule has 138 valence electrons. The van der Waals surface area contributed by atoms with E-state index in [2.05, 4.69) is 15.3 Å². The molecule has 0 unspecified atom stereocenters. The van der Waals surface area contributed by atoms with Crippen LogP contribution < -0.4 is 10.2 Å². The molecule has 1 aromatic rings. The summed E-state index contributed by atoms with van der Waals surface area (Å²) in [6.45, 7) is 5.68. The monoisotopic (exact) mass is 351 g/mol. The summed E-state index contributed by atoms with van der Waals surface area (Å²) in [4.78, 5) is 35.8. The van der Waals surface area contributed by atoms with Gasteiger partial charge in [-0.2, -0.15) is 0 Å². The van der Waals surface area contributed by atoms with Gasteiger partial charge >= 0.3 is 6.09 Å². The van der Waals surface area contributed by atoms with Crippen LogP contribution in [0.25, 0.3) is 0 Å². The number of amides is 2. The summed E-state index contributed by atoms with van der Waals surface area (Å²) >= 11 is 0. The van der Waals surface area contributed by atoms with Gasteiger partial charge in [0.1, 0.15) is 0 Å². The maximum atomic E-state index is 12.0. The van der Waals surface area contributed by atoms with E-state index in [-0.39, 0.29) is 12.0 Å². The van der Waals surface area contributed by atoms with Crippen molar-refractivity contribution in [3.8, 4) is 0 Å². The molecule has 1 fully saturated rings. The molecule has 2 amide bonds. The van der Waals surface area contributed by atoms with Crippen molar-refractivity contribution in [1.82, 2.24) is 20.2 Å². The molecule has 0 atom stereocenters. The molecule has 0 spiro atoms. The largest absolute Gasteiger partial charge is 0.450 e. The van der Waals surface area contributed by atoms with E-state index < -0.39 is 0 Å². The number of aromatic nitrogens is 2. The fourth-order valence-corrected chi connectivity index (χ4v) is 2.43. The molecule has 2 heterocycles. The third-order valence-corrected chi connectivity index (χ3v) is 3.80. The number of nitrogens with one attached hydrogen (secondary N) is 1. The molecule has 1 aliphatic heterocycles. The van der Waals surface area contributed by atoms with Gasteiger partial charge in [0, 0.05) is 58.8 Å². The minimum atomic E-state index is -0.288. The molecule has 1 saturated heterocycles. The highest BCUT2D eigenvalue weighted by Crippen LogP contribution is 2.11. The fraction of sp³-hybridized carbons (Fsp3) is 0.625. The van der Waals surface area contributed by atoms with E-state index >= 15 is 0 Å². The normalized spacial score (nSPS) is 14.3. The van der Waals surface area contributed by atoms with Crippen LogP contribution >= 0.6 is 0 Å². The van der Waals surface area contributed by atoms with Crippen LogP contribution in [0.15, 0.2) is 12.4 Å². The first-order valence-electron chi connectivity index (χ1n) is 8.41. The molecule has 1 N–H and O–H groups in total. The van der Waals surface area contributed by atoms with E-state index in [0.29, 0.717) is 57.4 Å². The summed E-state index contributed by atoms with van der Waals surface area (Å²) in [5, 5.41) is 2.79. The third kappa shape index (κ3) is 5.56. The van der Waals surface area contributed by atoms with Crippen molar-refractivity contribution < 1.29 is 19.1 Å². The standard InChI is InChI=1S/C16H25N5O4/c1-3-25-16(23)21-8-6-20(7-9-21)15-18-11-13(12-19-15)14(22)17-5-4-10-24-2/h11-12H,3-10H2,1-2H3,(H,17,22). The zero-order valence-corrected chi connectivity index (χ0v) is 14.7. The summed E-state index contributed by atoms with van der Waals surface area (Å²) in [7, 11) is 1.63. The molecule has 1 aliphatic rings. The lowest BCUT2D eigenvalue weighted by atomic mass is 10.3. The number of methoxy groups -OCH3 is 1. The van der Waals surface area contributed by atoms with E-state index in [4.69, 9.17) is 9.47 Å². The molecule has 1 aromatic heterocycles. The Morgan fingerprint density at radius 3 is 2.48 bits per heavy atom. The van der Waals surface area contributed by atoms with Crippen LogP contribution in [0.4, 0.5) is 10.7 Å². The topological polar surface area (TPSA) is 96.9 Å². The molecule has 2 rings (SSSR count). The molecule has 25 heavy (non-hydrogen) atoms. The van der Waals surface area contributed by atoms with Gasteiger partial charge in [0.15, 0.2) is 0 Å². The lowest BCUT2D eigenvalue weighted by Crippen LogP contribution is -2.49. The highest BCUT2D eigenvalue weighted by Gasteiger charge is 2.23. The van der Waals surface area contributed by atoms with Crippen LogP contribution in [-0.2, 0) is 9.47 Å². The van der Waals surface area contributed by atoms with Crippen LogP contribution in [0, 0.1) is 0 Å². The predicted octanol–water partition coefficient (Wildman–Crippen LogP) is 0.521. The van der Waals surface area contributed by atoms with E-state index in [0.717, 1.165) is 6.42 Å². The van der Waals surface area contributed by atoms with Gasteiger partial charge < -0.3 is 24.6 Å². The number of hydrogen-bond acceptors (Lipinski definition) is 7. The predicted molar refractivity (Wildman–Crippen MR) is 91.7 cm³/mol. The number of carbonyl (C=O) groups is 2. The number of rotatable bonds is 7. The minimum absolute atomic E-state index is 0.199. The van der Waals surface area contributed by atoms with Crippen molar-refractivity contribution in [1.29, 1.82) is 0 Å². The maximum Gasteiger partial charge on any atom is 0.409 e. The molecule has 0 aliphatic carbocycles. The Kier molecular flexibility index (Phi) is 7.39. The molecule has 9 nitrogen and oxygen atoms in total. The Morgan fingerprint density at radius 1 is 1.20 bits per heavy atom. The van der Waals surface area contributed by atoms with Gasteiger partial charge in [0.05, 0.1) is 12.2 Å². The molecule has 0 aromatic carbocycles. The van der Waals surface area contributed by atoms with Crippen molar-refractivity contribution in [3.63, 3.8) is 0 Å². The number of carbonyl (C=O) groups excluding carboxylic acids is 2. The van der Waals surface area contributed by atoms with Gasteiger partial charge in [-0.15, -0.1) is 0 Å². The molecule has 0 radical (unpaired) electrons. The lowest BCUT2D eigenvalue weighted by Gasteiger charge is -2.33. The quantitative estimate of drug-likeness (QED) is 0.715. The fourth-order valence-electron chi connectivity index (χ4n) is 2.43. The van der Waals surface area contributed by atoms with Gasteiger partial charge in [0.25, 0.3) is 5.91 Å². The van der Waals surface area contributed by atoms with Crippen LogP contribution in [-0.4, -0.2) is 79.9 Å². The van der Waals surface area contributed by atoms with Crippen LogP contribution in [0.5, 0.6) is 0 Å². The number of hydrogen-bond donors (Lipinski definition) is 1. The molecule has 0 bridgehead atoms. The van der Waals surface area contributed by atoms with E-state index in [1.165, 1.54) is 12.4 Å². The van der Waals surface area contributed by atoms with Crippen molar-refractivity contribution in [2.45, 2.75) is 13.3 Å². The van der Waals surface area contributed by atoms with Crippen molar-refractivity contribution in [2.24, 2.45) is 0 Å². The first-order valence-corrected chi connectivity index (χ1v) is 8.41. The smallest absolute Gasteiger partial charge is 0.409 e. The first kappa shape index (κ1) is 18.9. The SMILES string of the molecule is CCOC(=O)N1CCN(c2ncc(C(=O)NCCCOC)cn2)CC1.